The second kappa shape index (κ2) is 6.39. The molecular formula is C12H13NO6. The molecule has 7 nitrogen and oxygen atoms in total. The number of aliphatic carboxylic acids is 1. The van der Waals surface area contributed by atoms with E-state index in [4.69, 9.17) is 14.6 Å². The molecule has 0 amide bonds. The van der Waals surface area contributed by atoms with Crippen molar-refractivity contribution in [2.24, 2.45) is 0 Å². The van der Waals surface area contributed by atoms with Crippen LogP contribution in [0.4, 0.5) is 5.69 Å². The van der Waals surface area contributed by atoms with Gasteiger partial charge in [0.15, 0.2) is 11.5 Å². The van der Waals surface area contributed by atoms with Crippen molar-refractivity contribution in [2.75, 3.05) is 13.7 Å². The van der Waals surface area contributed by atoms with Crippen LogP contribution in [0.15, 0.2) is 29.8 Å². The zero-order chi connectivity index (χ0) is 14.4. The lowest BCUT2D eigenvalue weighted by Crippen LogP contribution is -2.03. The van der Waals surface area contributed by atoms with Gasteiger partial charge in [0, 0.05) is 12.1 Å². The van der Waals surface area contributed by atoms with Gasteiger partial charge >= 0.3 is 5.97 Å². The first-order chi connectivity index (χ1) is 8.93. The molecule has 1 N–H and O–H groups in total. The van der Waals surface area contributed by atoms with Crippen molar-refractivity contribution in [2.45, 2.75) is 6.92 Å². The number of ether oxygens (including phenoxy) is 2. The molecule has 19 heavy (non-hydrogen) atoms. The van der Waals surface area contributed by atoms with Crippen molar-refractivity contribution >= 4 is 11.7 Å². The van der Waals surface area contributed by atoms with Gasteiger partial charge in [-0.3, -0.25) is 10.1 Å². The van der Waals surface area contributed by atoms with Gasteiger partial charge in [0.05, 0.1) is 18.1 Å². The number of carboxylic acid groups (broad SMARTS) is 1. The number of non-ortho nitro benzene ring substituents is 1. The topological polar surface area (TPSA) is 98.9 Å². The standard InChI is InChI=1S/C12H13NO6/c1-8(5-12(14)15)7-19-11-6-9(13(16)17)3-4-10(11)18-2/h3-6H,7H2,1-2H3,(H,14,15). The Kier molecular flexibility index (Phi) is 4.87. The summed E-state index contributed by atoms with van der Waals surface area (Å²) in [5.74, 6) is -0.546. The summed E-state index contributed by atoms with van der Waals surface area (Å²) >= 11 is 0. The van der Waals surface area contributed by atoms with Gasteiger partial charge < -0.3 is 14.6 Å². The molecular weight excluding hydrogens is 254 g/mol. The Bertz CT molecular complexity index is 523. The molecule has 0 spiro atoms. The predicted octanol–water partition coefficient (Wildman–Crippen LogP) is 2.01. The minimum atomic E-state index is -1.08. The van der Waals surface area contributed by atoms with Crippen molar-refractivity contribution in [3.8, 4) is 11.5 Å². The third kappa shape index (κ3) is 4.30. The number of carbonyl (C=O) groups is 1. The fraction of sp³-hybridized carbons (Fsp3) is 0.250. The molecule has 1 aromatic rings. The van der Waals surface area contributed by atoms with E-state index in [1.165, 1.54) is 25.3 Å². The Balaban J connectivity index is 2.89. The number of hydrogen-bond donors (Lipinski definition) is 1. The molecule has 0 bridgehead atoms. The zero-order valence-corrected chi connectivity index (χ0v) is 10.5. The SMILES string of the molecule is COc1ccc([N+](=O)[O-])cc1OCC(C)=CC(=O)O. The van der Waals surface area contributed by atoms with E-state index in [0.29, 0.717) is 11.3 Å². The molecule has 7 heteroatoms. The molecule has 0 aliphatic carbocycles. The molecule has 0 heterocycles. The highest BCUT2D eigenvalue weighted by Crippen LogP contribution is 2.31. The van der Waals surface area contributed by atoms with Crippen LogP contribution in [-0.4, -0.2) is 29.7 Å². The Hall–Kier alpha value is -2.57. The van der Waals surface area contributed by atoms with Crippen LogP contribution in [0.2, 0.25) is 0 Å². The number of benzene rings is 1. The summed E-state index contributed by atoms with van der Waals surface area (Å²) in [6.45, 7) is 1.59. The smallest absolute Gasteiger partial charge is 0.328 e. The summed E-state index contributed by atoms with van der Waals surface area (Å²) in [5.41, 5.74) is 0.344. The van der Waals surface area contributed by atoms with Crippen LogP contribution in [0.5, 0.6) is 11.5 Å². The number of nitro groups is 1. The fourth-order valence-electron chi connectivity index (χ4n) is 1.34. The first kappa shape index (κ1) is 14.5. The van der Waals surface area contributed by atoms with Crippen LogP contribution in [0, 0.1) is 10.1 Å². The van der Waals surface area contributed by atoms with Crippen LogP contribution in [0.1, 0.15) is 6.92 Å². The normalized spacial score (nSPS) is 10.9. The van der Waals surface area contributed by atoms with Crippen molar-refractivity contribution in [3.63, 3.8) is 0 Å². The molecule has 0 unspecified atom stereocenters. The summed E-state index contributed by atoms with van der Waals surface area (Å²) in [6, 6.07) is 3.95. The molecule has 1 aromatic carbocycles. The molecule has 102 valence electrons. The lowest BCUT2D eigenvalue weighted by molar-refractivity contribution is -0.385. The van der Waals surface area contributed by atoms with E-state index >= 15 is 0 Å². The monoisotopic (exact) mass is 267 g/mol. The van der Waals surface area contributed by atoms with Crippen LogP contribution in [-0.2, 0) is 4.79 Å². The predicted molar refractivity (Wildman–Crippen MR) is 66.5 cm³/mol. The molecule has 0 saturated heterocycles. The zero-order valence-electron chi connectivity index (χ0n) is 10.5. The molecule has 0 aromatic heterocycles. The van der Waals surface area contributed by atoms with Crippen molar-refractivity contribution in [1.29, 1.82) is 0 Å². The van der Waals surface area contributed by atoms with E-state index in [1.54, 1.807) is 6.92 Å². The fourth-order valence-corrected chi connectivity index (χ4v) is 1.34. The average Bonchev–Trinajstić information content (AvgIpc) is 2.35. The van der Waals surface area contributed by atoms with Crippen molar-refractivity contribution in [3.05, 3.63) is 40.0 Å². The number of nitro benzene ring substituents is 1. The van der Waals surface area contributed by atoms with Crippen LogP contribution in [0.25, 0.3) is 0 Å². The average molecular weight is 267 g/mol. The second-order valence-electron chi connectivity index (χ2n) is 3.71. The molecule has 0 radical (unpaired) electrons. The van der Waals surface area contributed by atoms with Crippen LogP contribution in [0.3, 0.4) is 0 Å². The van der Waals surface area contributed by atoms with Crippen LogP contribution >= 0.6 is 0 Å². The molecule has 0 saturated carbocycles. The number of hydrogen-bond acceptors (Lipinski definition) is 5. The summed E-state index contributed by atoms with van der Waals surface area (Å²) in [4.78, 5) is 20.5. The first-order valence-corrected chi connectivity index (χ1v) is 5.29. The van der Waals surface area contributed by atoms with E-state index in [1.807, 2.05) is 0 Å². The largest absolute Gasteiger partial charge is 0.493 e. The third-order valence-corrected chi connectivity index (χ3v) is 2.18. The molecule has 0 aliphatic rings. The van der Waals surface area contributed by atoms with Gasteiger partial charge in [-0.15, -0.1) is 0 Å². The number of rotatable bonds is 6. The highest BCUT2D eigenvalue weighted by Gasteiger charge is 2.12. The van der Waals surface area contributed by atoms with Gasteiger partial charge in [-0.1, -0.05) is 0 Å². The number of carboxylic acids is 1. The molecule has 0 fully saturated rings. The van der Waals surface area contributed by atoms with Gasteiger partial charge in [0.25, 0.3) is 5.69 Å². The number of methoxy groups -OCH3 is 1. The highest BCUT2D eigenvalue weighted by molar-refractivity contribution is 5.80. The summed E-state index contributed by atoms with van der Waals surface area (Å²) in [5, 5.41) is 19.2. The van der Waals surface area contributed by atoms with E-state index in [9.17, 15) is 14.9 Å². The quantitative estimate of drug-likeness (QED) is 0.481. The van der Waals surface area contributed by atoms with Gasteiger partial charge in [-0.05, 0) is 18.6 Å². The summed E-state index contributed by atoms with van der Waals surface area (Å²) in [6.07, 6.45) is 1.00. The number of nitrogens with zero attached hydrogens (tertiary/aromatic N) is 1. The second-order valence-corrected chi connectivity index (χ2v) is 3.71. The maximum absolute atomic E-state index is 10.7. The molecule has 1 rings (SSSR count). The Morgan fingerprint density at radius 3 is 2.68 bits per heavy atom. The van der Waals surface area contributed by atoms with Crippen molar-refractivity contribution < 1.29 is 24.3 Å². The minimum Gasteiger partial charge on any atom is -0.493 e. The maximum atomic E-state index is 10.7. The first-order valence-electron chi connectivity index (χ1n) is 5.29. The van der Waals surface area contributed by atoms with Crippen molar-refractivity contribution in [1.82, 2.24) is 0 Å². The van der Waals surface area contributed by atoms with E-state index < -0.39 is 10.9 Å². The Morgan fingerprint density at radius 2 is 2.16 bits per heavy atom. The lowest BCUT2D eigenvalue weighted by Gasteiger charge is -2.10. The van der Waals surface area contributed by atoms with Crippen LogP contribution < -0.4 is 9.47 Å². The highest BCUT2D eigenvalue weighted by atomic mass is 16.6. The summed E-state index contributed by atoms with van der Waals surface area (Å²) in [7, 11) is 1.41. The minimum absolute atomic E-state index is 0.00380. The van der Waals surface area contributed by atoms with Gasteiger partial charge in [-0.25, -0.2) is 4.79 Å². The maximum Gasteiger partial charge on any atom is 0.328 e. The third-order valence-electron chi connectivity index (χ3n) is 2.18. The molecule has 0 atom stereocenters. The van der Waals surface area contributed by atoms with Gasteiger partial charge in [-0.2, -0.15) is 0 Å². The van der Waals surface area contributed by atoms with Gasteiger partial charge in [0.1, 0.15) is 6.61 Å². The Morgan fingerprint density at radius 1 is 1.47 bits per heavy atom. The molecule has 0 aliphatic heterocycles. The van der Waals surface area contributed by atoms with E-state index in [0.717, 1.165) is 6.08 Å². The van der Waals surface area contributed by atoms with E-state index in [2.05, 4.69) is 0 Å². The summed E-state index contributed by atoms with van der Waals surface area (Å²) < 4.78 is 10.3. The van der Waals surface area contributed by atoms with E-state index in [-0.39, 0.29) is 18.0 Å². The Labute approximate surface area is 109 Å². The lowest BCUT2D eigenvalue weighted by atomic mass is 10.2. The van der Waals surface area contributed by atoms with Gasteiger partial charge in [0.2, 0.25) is 0 Å².